The Labute approximate surface area is 170 Å². The van der Waals surface area contributed by atoms with Crippen LogP contribution in [-0.4, -0.2) is 48.9 Å². The van der Waals surface area contributed by atoms with Crippen molar-refractivity contribution in [3.05, 3.63) is 65.0 Å². The van der Waals surface area contributed by atoms with Crippen molar-refractivity contribution in [2.75, 3.05) is 31.1 Å². The average Bonchev–Trinajstić information content (AvgIpc) is 3.10. The number of likely N-dealkylation sites (tertiary alicyclic amines) is 1. The topological polar surface area (TPSA) is 52.7 Å². The van der Waals surface area contributed by atoms with Crippen LogP contribution >= 0.6 is 0 Å². The van der Waals surface area contributed by atoms with Crippen molar-refractivity contribution in [2.24, 2.45) is 0 Å². The number of carbonyl (C=O) groups is 2. The van der Waals surface area contributed by atoms with Crippen LogP contribution in [0.15, 0.2) is 42.5 Å². The van der Waals surface area contributed by atoms with E-state index in [2.05, 4.69) is 5.32 Å². The van der Waals surface area contributed by atoms with Gasteiger partial charge in [-0.25, -0.2) is 4.39 Å². The van der Waals surface area contributed by atoms with E-state index in [-0.39, 0.29) is 30.2 Å². The SMILES string of the molecule is Cc1ccccc1C(=O)NC1CCN(C(=O)CN2CCc3ccc(F)cc32)CC1. The zero-order valence-corrected chi connectivity index (χ0v) is 16.7. The predicted molar refractivity (Wildman–Crippen MR) is 111 cm³/mol. The monoisotopic (exact) mass is 395 g/mol. The maximum absolute atomic E-state index is 13.6. The fraction of sp³-hybridized carbons (Fsp3) is 0.391. The Kier molecular flexibility index (Phi) is 5.51. The number of hydrogen-bond donors (Lipinski definition) is 1. The summed E-state index contributed by atoms with van der Waals surface area (Å²) in [6.07, 6.45) is 2.33. The predicted octanol–water partition coefficient (Wildman–Crippen LogP) is 2.92. The number of aryl methyl sites for hydroxylation is 1. The van der Waals surface area contributed by atoms with Crippen molar-refractivity contribution in [3.63, 3.8) is 0 Å². The molecule has 2 aromatic carbocycles. The Hall–Kier alpha value is -2.89. The number of nitrogens with one attached hydrogen (secondary N) is 1. The zero-order valence-electron chi connectivity index (χ0n) is 16.7. The molecule has 0 radical (unpaired) electrons. The van der Waals surface area contributed by atoms with Gasteiger partial charge in [-0.3, -0.25) is 9.59 Å². The van der Waals surface area contributed by atoms with Crippen LogP contribution in [0.1, 0.15) is 34.3 Å². The van der Waals surface area contributed by atoms with E-state index in [9.17, 15) is 14.0 Å². The lowest BCUT2D eigenvalue weighted by molar-refractivity contribution is -0.130. The smallest absolute Gasteiger partial charge is 0.251 e. The molecule has 5 nitrogen and oxygen atoms in total. The summed E-state index contributed by atoms with van der Waals surface area (Å²) < 4.78 is 13.6. The van der Waals surface area contributed by atoms with E-state index in [0.717, 1.165) is 42.6 Å². The summed E-state index contributed by atoms with van der Waals surface area (Å²) in [5.41, 5.74) is 3.58. The number of halogens is 1. The van der Waals surface area contributed by atoms with E-state index in [4.69, 9.17) is 0 Å². The van der Waals surface area contributed by atoms with E-state index in [1.807, 2.05) is 41.0 Å². The van der Waals surface area contributed by atoms with Crippen LogP contribution in [-0.2, 0) is 11.2 Å². The van der Waals surface area contributed by atoms with Gasteiger partial charge in [-0.15, -0.1) is 0 Å². The first-order chi connectivity index (χ1) is 14.0. The minimum absolute atomic E-state index is 0.0522. The van der Waals surface area contributed by atoms with E-state index < -0.39 is 0 Å². The first-order valence-corrected chi connectivity index (χ1v) is 10.2. The standard InChI is InChI=1S/C23H26FN3O2/c1-16-4-2-3-5-20(16)23(29)25-19-9-12-26(13-10-19)22(28)15-27-11-8-17-6-7-18(24)14-21(17)27/h2-7,14,19H,8-13,15H2,1H3,(H,25,29). The maximum Gasteiger partial charge on any atom is 0.251 e. The molecule has 4 rings (SSSR count). The summed E-state index contributed by atoms with van der Waals surface area (Å²) in [6.45, 7) is 4.20. The number of nitrogens with zero attached hydrogens (tertiary/aromatic N) is 2. The maximum atomic E-state index is 13.6. The van der Waals surface area contributed by atoms with E-state index in [1.54, 1.807) is 6.07 Å². The first-order valence-electron chi connectivity index (χ1n) is 10.2. The van der Waals surface area contributed by atoms with Gasteiger partial charge in [0.2, 0.25) is 5.91 Å². The number of benzene rings is 2. The van der Waals surface area contributed by atoms with E-state index in [1.165, 1.54) is 12.1 Å². The lowest BCUT2D eigenvalue weighted by Gasteiger charge is -2.33. The molecule has 1 N–H and O–H groups in total. The number of fused-ring (bicyclic) bond motifs is 1. The Morgan fingerprint density at radius 1 is 1.10 bits per heavy atom. The highest BCUT2D eigenvalue weighted by Crippen LogP contribution is 2.28. The molecular formula is C23H26FN3O2. The number of anilines is 1. The van der Waals surface area contributed by atoms with Gasteiger partial charge >= 0.3 is 0 Å². The molecule has 0 spiro atoms. The minimum Gasteiger partial charge on any atom is -0.362 e. The lowest BCUT2D eigenvalue weighted by atomic mass is 10.0. The van der Waals surface area contributed by atoms with Crippen LogP contribution in [0.3, 0.4) is 0 Å². The molecule has 0 aromatic heterocycles. The van der Waals surface area contributed by atoms with Crippen LogP contribution in [0, 0.1) is 12.7 Å². The van der Waals surface area contributed by atoms with Gasteiger partial charge < -0.3 is 15.1 Å². The number of carbonyl (C=O) groups excluding carboxylic acids is 2. The van der Waals surface area contributed by atoms with Crippen LogP contribution in [0.5, 0.6) is 0 Å². The summed E-state index contributed by atoms with van der Waals surface area (Å²) in [6, 6.07) is 12.4. The summed E-state index contributed by atoms with van der Waals surface area (Å²) in [5.74, 6) is -0.261. The second kappa shape index (κ2) is 8.23. The van der Waals surface area contributed by atoms with Crippen molar-refractivity contribution in [3.8, 4) is 0 Å². The Morgan fingerprint density at radius 2 is 1.86 bits per heavy atom. The van der Waals surface area contributed by atoms with Gasteiger partial charge in [-0.05, 0) is 55.5 Å². The molecule has 0 unspecified atom stereocenters. The van der Waals surface area contributed by atoms with Gasteiger partial charge in [0.1, 0.15) is 5.82 Å². The van der Waals surface area contributed by atoms with E-state index >= 15 is 0 Å². The second-order valence-electron chi connectivity index (χ2n) is 7.89. The van der Waals surface area contributed by atoms with Crippen molar-refractivity contribution in [2.45, 2.75) is 32.2 Å². The normalized spacial score (nSPS) is 16.6. The van der Waals surface area contributed by atoms with Crippen LogP contribution in [0.4, 0.5) is 10.1 Å². The first kappa shape index (κ1) is 19.4. The average molecular weight is 395 g/mol. The van der Waals surface area contributed by atoms with Crippen molar-refractivity contribution >= 4 is 17.5 Å². The number of piperidine rings is 1. The molecule has 2 heterocycles. The number of amides is 2. The Morgan fingerprint density at radius 3 is 2.62 bits per heavy atom. The molecule has 0 aliphatic carbocycles. The summed E-state index contributed by atoms with van der Waals surface area (Å²) >= 11 is 0. The molecule has 2 amide bonds. The van der Waals surface area contributed by atoms with Crippen LogP contribution < -0.4 is 10.2 Å². The minimum atomic E-state index is -0.270. The van der Waals surface area contributed by atoms with Crippen LogP contribution in [0.2, 0.25) is 0 Å². The second-order valence-corrected chi connectivity index (χ2v) is 7.89. The van der Waals surface area contributed by atoms with Crippen molar-refractivity contribution in [1.82, 2.24) is 10.2 Å². The molecule has 152 valence electrons. The molecule has 1 fully saturated rings. The Bertz CT molecular complexity index is 922. The third kappa shape index (κ3) is 4.26. The lowest BCUT2D eigenvalue weighted by Crippen LogP contribution is -2.49. The van der Waals surface area contributed by atoms with E-state index in [0.29, 0.717) is 18.7 Å². The largest absolute Gasteiger partial charge is 0.362 e. The highest BCUT2D eigenvalue weighted by molar-refractivity contribution is 5.95. The third-order valence-corrected chi connectivity index (χ3v) is 5.94. The molecule has 1 saturated heterocycles. The van der Waals surface area contributed by atoms with Crippen LogP contribution in [0.25, 0.3) is 0 Å². The number of hydrogen-bond acceptors (Lipinski definition) is 3. The van der Waals surface area contributed by atoms with Gasteiger partial charge in [0.25, 0.3) is 5.91 Å². The van der Waals surface area contributed by atoms with Gasteiger partial charge in [-0.2, -0.15) is 0 Å². The molecule has 0 bridgehead atoms. The summed E-state index contributed by atoms with van der Waals surface area (Å²) in [5, 5.41) is 3.10. The van der Waals surface area contributed by atoms with Gasteiger partial charge in [-0.1, -0.05) is 24.3 Å². The number of rotatable bonds is 4. The highest BCUT2D eigenvalue weighted by Gasteiger charge is 2.27. The fourth-order valence-corrected chi connectivity index (χ4v) is 4.21. The molecule has 0 atom stereocenters. The van der Waals surface area contributed by atoms with Gasteiger partial charge in [0.05, 0.1) is 6.54 Å². The molecule has 2 aromatic rings. The quantitative estimate of drug-likeness (QED) is 0.866. The fourth-order valence-electron chi connectivity index (χ4n) is 4.21. The van der Waals surface area contributed by atoms with Crippen molar-refractivity contribution < 1.29 is 14.0 Å². The molecule has 2 aliphatic rings. The molecular weight excluding hydrogens is 369 g/mol. The molecule has 2 aliphatic heterocycles. The molecule has 0 saturated carbocycles. The van der Waals surface area contributed by atoms with Gasteiger partial charge in [0, 0.05) is 36.9 Å². The third-order valence-electron chi connectivity index (χ3n) is 5.94. The molecule has 6 heteroatoms. The van der Waals surface area contributed by atoms with Gasteiger partial charge in [0.15, 0.2) is 0 Å². The van der Waals surface area contributed by atoms with Crippen molar-refractivity contribution in [1.29, 1.82) is 0 Å². The summed E-state index contributed by atoms with van der Waals surface area (Å²) in [4.78, 5) is 29.1. The zero-order chi connectivity index (χ0) is 20.4. The molecule has 29 heavy (non-hydrogen) atoms. The highest BCUT2D eigenvalue weighted by atomic mass is 19.1. The Balaban J connectivity index is 1.29. The summed E-state index contributed by atoms with van der Waals surface area (Å²) in [7, 11) is 0.